The Morgan fingerprint density at radius 1 is 1.32 bits per heavy atom. The second-order valence-corrected chi connectivity index (χ2v) is 7.54. The van der Waals surface area contributed by atoms with Crippen LogP contribution in [0.15, 0.2) is 38.9 Å². The van der Waals surface area contributed by atoms with E-state index >= 15 is 0 Å². The van der Waals surface area contributed by atoms with Gasteiger partial charge in [-0.1, -0.05) is 12.1 Å². The molecule has 0 fully saturated rings. The third-order valence-corrected chi connectivity index (χ3v) is 5.80. The highest BCUT2D eigenvalue weighted by atomic mass is 32.1. The first-order chi connectivity index (χ1) is 12.1. The molecular weight excluding hydrogens is 336 g/mol. The van der Waals surface area contributed by atoms with E-state index in [1.54, 1.807) is 22.0 Å². The van der Waals surface area contributed by atoms with Gasteiger partial charge >= 0.3 is 5.76 Å². The van der Waals surface area contributed by atoms with E-state index in [4.69, 9.17) is 4.42 Å². The van der Waals surface area contributed by atoms with Crippen molar-refractivity contribution in [2.75, 3.05) is 0 Å². The average molecular weight is 356 g/mol. The van der Waals surface area contributed by atoms with Crippen LogP contribution in [-0.2, 0) is 19.4 Å². The molecule has 0 bridgehead atoms. The number of aromatic nitrogens is 1. The van der Waals surface area contributed by atoms with Crippen LogP contribution in [0.25, 0.3) is 11.1 Å². The number of hydrogen-bond donors (Lipinski definition) is 1. The van der Waals surface area contributed by atoms with Crippen molar-refractivity contribution in [3.63, 3.8) is 0 Å². The predicted octanol–water partition coefficient (Wildman–Crippen LogP) is 3.35. The average Bonchev–Trinajstić information content (AvgIpc) is 3.16. The maximum Gasteiger partial charge on any atom is 0.420 e. The molecule has 0 saturated carbocycles. The van der Waals surface area contributed by atoms with E-state index in [1.807, 2.05) is 30.5 Å². The summed E-state index contributed by atoms with van der Waals surface area (Å²) in [5, 5.41) is 5.00. The lowest BCUT2D eigenvalue weighted by Gasteiger charge is -2.16. The van der Waals surface area contributed by atoms with Gasteiger partial charge in [-0.3, -0.25) is 9.36 Å². The predicted molar refractivity (Wildman–Crippen MR) is 98.4 cm³/mol. The van der Waals surface area contributed by atoms with Crippen molar-refractivity contribution in [1.82, 2.24) is 9.88 Å². The Bertz CT molecular complexity index is 982. The smallest absolute Gasteiger partial charge is 0.408 e. The molecule has 1 aromatic carbocycles. The Morgan fingerprint density at radius 3 is 3.00 bits per heavy atom. The molecular formula is C19H20N2O3S. The van der Waals surface area contributed by atoms with Crippen molar-refractivity contribution in [1.29, 1.82) is 0 Å². The van der Waals surface area contributed by atoms with Crippen LogP contribution in [-0.4, -0.2) is 16.5 Å². The topological polar surface area (TPSA) is 64.2 Å². The molecule has 3 aromatic rings. The largest absolute Gasteiger partial charge is 0.420 e. The van der Waals surface area contributed by atoms with Gasteiger partial charge in [0.05, 0.1) is 11.1 Å². The van der Waals surface area contributed by atoms with Crippen molar-refractivity contribution in [2.45, 2.75) is 45.2 Å². The minimum absolute atomic E-state index is 0.0484. The number of carbonyl (C=O) groups excluding carboxylic acids is 1. The number of para-hydroxylation sites is 2. The van der Waals surface area contributed by atoms with Crippen molar-refractivity contribution >= 4 is 28.3 Å². The summed E-state index contributed by atoms with van der Waals surface area (Å²) in [7, 11) is 0. The fourth-order valence-electron chi connectivity index (χ4n) is 3.49. The van der Waals surface area contributed by atoms with Crippen molar-refractivity contribution in [3.05, 3.63) is 56.2 Å². The van der Waals surface area contributed by atoms with Gasteiger partial charge in [-0.25, -0.2) is 4.79 Å². The summed E-state index contributed by atoms with van der Waals surface area (Å²) < 4.78 is 6.82. The van der Waals surface area contributed by atoms with Crippen LogP contribution >= 0.6 is 11.3 Å². The van der Waals surface area contributed by atoms with E-state index in [0.29, 0.717) is 12.1 Å². The first-order valence-corrected chi connectivity index (χ1v) is 9.50. The van der Waals surface area contributed by atoms with E-state index in [0.717, 1.165) is 30.3 Å². The van der Waals surface area contributed by atoms with Crippen LogP contribution in [0.4, 0.5) is 0 Å². The summed E-state index contributed by atoms with van der Waals surface area (Å²) in [6.45, 7) is 2.29. The number of rotatable bonds is 4. The lowest BCUT2D eigenvalue weighted by Crippen LogP contribution is -2.37. The number of amides is 1. The number of thiophene rings is 1. The summed E-state index contributed by atoms with van der Waals surface area (Å²) in [5.41, 5.74) is 3.34. The summed E-state index contributed by atoms with van der Waals surface area (Å²) in [6.07, 6.45) is 4.43. The Morgan fingerprint density at radius 2 is 2.12 bits per heavy atom. The summed E-state index contributed by atoms with van der Waals surface area (Å²) in [6, 6.07) is 7.15. The van der Waals surface area contributed by atoms with Gasteiger partial charge in [-0.15, -0.1) is 11.3 Å². The first-order valence-electron chi connectivity index (χ1n) is 8.62. The molecule has 5 nitrogen and oxygen atoms in total. The van der Waals surface area contributed by atoms with Crippen LogP contribution in [0.2, 0.25) is 0 Å². The number of carbonyl (C=O) groups is 1. The number of nitrogens with zero attached hydrogens (tertiary/aromatic N) is 1. The van der Waals surface area contributed by atoms with Gasteiger partial charge in [0.2, 0.25) is 0 Å². The van der Waals surface area contributed by atoms with Crippen LogP contribution in [0, 0.1) is 0 Å². The quantitative estimate of drug-likeness (QED) is 0.780. The highest BCUT2D eigenvalue weighted by Crippen LogP contribution is 2.30. The van der Waals surface area contributed by atoms with Crippen molar-refractivity contribution in [2.24, 2.45) is 0 Å². The lowest BCUT2D eigenvalue weighted by atomic mass is 9.95. The minimum Gasteiger partial charge on any atom is -0.408 e. The molecule has 6 heteroatoms. The van der Waals surface area contributed by atoms with Crippen LogP contribution in [0.3, 0.4) is 0 Å². The molecule has 1 atom stereocenters. The third-order valence-electron chi connectivity index (χ3n) is 4.71. The number of aryl methyl sites for hydroxylation is 1. The molecule has 2 aromatic heterocycles. The highest BCUT2D eigenvalue weighted by molar-refractivity contribution is 7.10. The summed E-state index contributed by atoms with van der Waals surface area (Å²) >= 11 is 1.69. The van der Waals surface area contributed by atoms with Gasteiger partial charge in [0.25, 0.3) is 5.91 Å². The zero-order valence-corrected chi connectivity index (χ0v) is 14.9. The normalized spacial score (nSPS) is 15.1. The third kappa shape index (κ3) is 3.02. The number of hydrogen-bond acceptors (Lipinski definition) is 4. The van der Waals surface area contributed by atoms with Crippen LogP contribution in [0.5, 0.6) is 0 Å². The van der Waals surface area contributed by atoms with Crippen molar-refractivity contribution in [3.8, 4) is 0 Å². The van der Waals surface area contributed by atoms with Gasteiger partial charge in [0, 0.05) is 22.8 Å². The molecule has 0 saturated heterocycles. The van der Waals surface area contributed by atoms with E-state index < -0.39 is 5.76 Å². The Kier molecular flexibility index (Phi) is 4.21. The second kappa shape index (κ2) is 6.52. The molecule has 130 valence electrons. The summed E-state index contributed by atoms with van der Waals surface area (Å²) in [4.78, 5) is 26.1. The maximum atomic E-state index is 12.6. The highest BCUT2D eigenvalue weighted by Gasteiger charge is 2.21. The van der Waals surface area contributed by atoms with Gasteiger partial charge in [-0.2, -0.15) is 0 Å². The zero-order chi connectivity index (χ0) is 17.4. The van der Waals surface area contributed by atoms with Crippen LogP contribution in [0.1, 0.15) is 40.6 Å². The van der Waals surface area contributed by atoms with E-state index in [-0.39, 0.29) is 11.9 Å². The monoisotopic (exact) mass is 356 g/mol. The first kappa shape index (κ1) is 16.1. The molecule has 25 heavy (non-hydrogen) atoms. The number of oxazole rings is 1. The molecule has 0 unspecified atom stereocenters. The molecule has 1 N–H and O–H groups in total. The fourth-order valence-corrected chi connectivity index (χ4v) is 4.62. The van der Waals surface area contributed by atoms with E-state index in [2.05, 4.69) is 5.32 Å². The Hall–Kier alpha value is -2.34. The molecule has 4 rings (SSSR count). The maximum absolute atomic E-state index is 12.6. The fraction of sp³-hybridized carbons (Fsp3) is 0.368. The molecule has 1 amide bonds. The van der Waals surface area contributed by atoms with Crippen LogP contribution < -0.4 is 11.1 Å². The Balaban J connectivity index is 1.51. The molecule has 2 heterocycles. The second-order valence-electron chi connectivity index (χ2n) is 6.58. The Labute approximate surface area is 149 Å². The molecule has 1 aliphatic carbocycles. The standard InChI is InChI=1S/C19H20N2O3S/c1-12(10-21-15-7-3-4-8-16(15)24-19(21)23)20-18(22)14-11-25-17-9-5-2-6-13(14)17/h3-4,7-8,11-12H,2,5-6,9-10H2,1H3,(H,20,22)/t12-/m1/s1. The summed E-state index contributed by atoms with van der Waals surface area (Å²) in [5.74, 6) is -0.442. The van der Waals surface area contributed by atoms with Gasteiger partial charge in [0.15, 0.2) is 5.58 Å². The molecule has 1 aliphatic rings. The molecule has 0 spiro atoms. The lowest BCUT2D eigenvalue weighted by molar-refractivity contribution is 0.0935. The van der Waals surface area contributed by atoms with Gasteiger partial charge < -0.3 is 9.73 Å². The van der Waals surface area contributed by atoms with Crippen molar-refractivity contribution < 1.29 is 9.21 Å². The molecule has 0 radical (unpaired) electrons. The van der Waals surface area contributed by atoms with Gasteiger partial charge in [0.1, 0.15) is 0 Å². The zero-order valence-electron chi connectivity index (χ0n) is 14.1. The van der Waals surface area contributed by atoms with E-state index in [9.17, 15) is 9.59 Å². The number of benzene rings is 1. The molecule has 0 aliphatic heterocycles. The number of nitrogens with one attached hydrogen (secondary N) is 1. The number of fused-ring (bicyclic) bond motifs is 2. The van der Waals surface area contributed by atoms with E-state index in [1.165, 1.54) is 16.9 Å². The SMILES string of the molecule is C[C@H](Cn1c(=O)oc2ccccc21)NC(=O)c1csc2c1CCCC2. The van der Waals surface area contributed by atoms with Gasteiger partial charge in [-0.05, 0) is 50.3 Å². The minimum atomic E-state index is -0.393.